The molecule has 0 aromatic heterocycles. The summed E-state index contributed by atoms with van der Waals surface area (Å²) in [6.45, 7) is 13.4. The van der Waals surface area contributed by atoms with E-state index in [0.717, 1.165) is 12.8 Å². The Balaban J connectivity index is 0.000000281. The molecule has 0 aliphatic rings. The van der Waals surface area contributed by atoms with Gasteiger partial charge in [-0.25, -0.2) is 0 Å². The van der Waals surface area contributed by atoms with Crippen LogP contribution in [-0.2, 0) is 39.0 Å². The van der Waals surface area contributed by atoms with Gasteiger partial charge in [0.25, 0.3) is 0 Å². The summed E-state index contributed by atoms with van der Waals surface area (Å²) >= 11 is 0. The Morgan fingerprint density at radius 1 is 0.512 bits per heavy atom. The quantitative estimate of drug-likeness (QED) is 0.194. The Labute approximate surface area is 290 Å². The van der Waals surface area contributed by atoms with E-state index < -0.39 is 0 Å². The fraction of sp³-hybridized carbons (Fsp3) is 0.250. The summed E-state index contributed by atoms with van der Waals surface area (Å²) in [7, 11) is 0. The molecule has 0 amide bonds. The summed E-state index contributed by atoms with van der Waals surface area (Å²) in [5.41, 5.74) is 11.0. The van der Waals surface area contributed by atoms with Gasteiger partial charge in [-0.3, -0.25) is 0 Å². The second-order valence-electron chi connectivity index (χ2n) is 11.6. The van der Waals surface area contributed by atoms with Crippen LogP contribution in [0.4, 0.5) is 0 Å². The SMILES string of the molecule is CCc1ccc(-c2cccc3[cH-]c(C(C)C)cc23)cc1.CCc1ccc(-c2cccc3[cH-]c(C(C)C)cc23)cc1.[Cl-].[Cl-].[Zr+4]. The van der Waals surface area contributed by atoms with E-state index in [4.69, 9.17) is 0 Å². The molecule has 0 radical (unpaired) electrons. The van der Waals surface area contributed by atoms with Crippen molar-refractivity contribution in [2.45, 2.75) is 66.2 Å². The molecule has 6 aromatic rings. The van der Waals surface area contributed by atoms with Crippen molar-refractivity contribution in [2.75, 3.05) is 0 Å². The predicted octanol–water partition coefficient (Wildman–Crippen LogP) is 5.83. The van der Waals surface area contributed by atoms with Crippen molar-refractivity contribution in [2.24, 2.45) is 0 Å². The van der Waals surface area contributed by atoms with E-state index in [2.05, 4.69) is 151 Å². The van der Waals surface area contributed by atoms with Gasteiger partial charge in [0.2, 0.25) is 0 Å². The monoisotopic (exact) mass is 682 g/mol. The maximum atomic E-state index is 2.35. The van der Waals surface area contributed by atoms with Gasteiger partial charge in [0.1, 0.15) is 0 Å². The molecule has 6 aromatic carbocycles. The Morgan fingerprint density at radius 2 is 0.860 bits per heavy atom. The summed E-state index contributed by atoms with van der Waals surface area (Å²) in [6.07, 6.45) is 2.19. The fourth-order valence-corrected chi connectivity index (χ4v) is 5.53. The van der Waals surface area contributed by atoms with Crippen molar-refractivity contribution < 1.29 is 51.0 Å². The normalized spacial score (nSPS) is 10.6. The number of hydrogen-bond acceptors (Lipinski definition) is 0. The van der Waals surface area contributed by atoms with Crippen LogP contribution >= 0.6 is 0 Å². The van der Waals surface area contributed by atoms with Crippen LogP contribution in [0.25, 0.3) is 43.8 Å². The molecule has 0 saturated carbocycles. The van der Waals surface area contributed by atoms with Crippen LogP contribution in [-0.4, -0.2) is 0 Å². The second kappa shape index (κ2) is 16.6. The van der Waals surface area contributed by atoms with Crippen molar-refractivity contribution in [3.63, 3.8) is 0 Å². The van der Waals surface area contributed by atoms with E-state index in [1.54, 1.807) is 0 Å². The van der Waals surface area contributed by atoms with E-state index in [1.807, 2.05) is 0 Å². The molecule has 0 aliphatic carbocycles. The Hall–Kier alpha value is -2.44. The molecule has 0 heterocycles. The molecule has 0 nitrogen and oxygen atoms in total. The number of aryl methyl sites for hydroxylation is 2. The first-order chi connectivity index (χ1) is 19.4. The van der Waals surface area contributed by atoms with E-state index >= 15 is 0 Å². The molecular formula is C40H42Cl2Zr. The maximum absolute atomic E-state index is 2.35. The molecule has 0 N–H and O–H groups in total. The number of benzene rings is 4. The topological polar surface area (TPSA) is 0 Å². The summed E-state index contributed by atoms with van der Waals surface area (Å²) < 4.78 is 0. The van der Waals surface area contributed by atoms with Gasteiger partial charge in [0.15, 0.2) is 0 Å². The standard InChI is InChI=1S/2C20H21.2ClH.Zr/c2*1-4-15-8-10-16(11-9-15)19-7-5-6-17-12-18(14(2)3)13-20(17)19;;;/h2*5-14H,4H2,1-3H3;2*1H;/q2*-1;;;+4/p-2. The largest absolute Gasteiger partial charge is 4.00 e. The average molecular weight is 685 g/mol. The summed E-state index contributed by atoms with van der Waals surface area (Å²) in [4.78, 5) is 0. The predicted molar refractivity (Wildman–Crippen MR) is 177 cm³/mol. The van der Waals surface area contributed by atoms with Crippen molar-refractivity contribution in [3.8, 4) is 22.3 Å². The molecule has 0 bridgehead atoms. The Morgan fingerprint density at radius 3 is 1.16 bits per heavy atom. The van der Waals surface area contributed by atoms with Crippen molar-refractivity contribution >= 4 is 21.5 Å². The zero-order chi connectivity index (χ0) is 28.2. The Kier molecular flexibility index (Phi) is 14.2. The van der Waals surface area contributed by atoms with Crippen molar-refractivity contribution in [1.82, 2.24) is 0 Å². The zero-order valence-corrected chi connectivity index (χ0v) is 30.2. The van der Waals surface area contributed by atoms with Gasteiger partial charge in [-0.1, -0.05) is 113 Å². The molecule has 43 heavy (non-hydrogen) atoms. The van der Waals surface area contributed by atoms with Gasteiger partial charge < -0.3 is 24.8 Å². The van der Waals surface area contributed by atoms with Gasteiger partial charge in [-0.15, -0.1) is 69.1 Å². The first-order valence-corrected chi connectivity index (χ1v) is 14.9. The van der Waals surface area contributed by atoms with Gasteiger partial charge in [-0.2, -0.15) is 12.1 Å². The van der Waals surface area contributed by atoms with Gasteiger partial charge >= 0.3 is 26.2 Å². The summed E-state index contributed by atoms with van der Waals surface area (Å²) in [5, 5.41) is 5.46. The minimum Gasteiger partial charge on any atom is -1.00 e. The molecule has 0 unspecified atom stereocenters. The van der Waals surface area contributed by atoms with E-state index in [9.17, 15) is 0 Å². The van der Waals surface area contributed by atoms with E-state index in [-0.39, 0.29) is 51.0 Å². The van der Waals surface area contributed by atoms with Gasteiger partial charge in [-0.05, 0) is 46.9 Å². The van der Waals surface area contributed by atoms with E-state index in [1.165, 1.54) is 66.1 Å². The van der Waals surface area contributed by atoms with Crippen LogP contribution in [0.3, 0.4) is 0 Å². The molecule has 0 spiro atoms. The van der Waals surface area contributed by atoms with Gasteiger partial charge in [0.05, 0.1) is 0 Å². The van der Waals surface area contributed by atoms with Crippen molar-refractivity contribution in [1.29, 1.82) is 0 Å². The minimum atomic E-state index is 0. The Bertz CT molecular complexity index is 1570. The maximum Gasteiger partial charge on any atom is 4.00 e. The van der Waals surface area contributed by atoms with E-state index in [0.29, 0.717) is 11.8 Å². The molecule has 0 fully saturated rings. The minimum absolute atomic E-state index is 0. The molecule has 3 heteroatoms. The number of rotatable bonds is 6. The van der Waals surface area contributed by atoms with Crippen molar-refractivity contribution in [3.05, 3.63) is 131 Å². The van der Waals surface area contributed by atoms with Crippen LogP contribution in [0.5, 0.6) is 0 Å². The molecule has 0 saturated heterocycles. The molecule has 220 valence electrons. The molecule has 0 aliphatic heterocycles. The number of hydrogen-bond donors (Lipinski definition) is 0. The summed E-state index contributed by atoms with van der Waals surface area (Å²) in [5.74, 6) is 1.16. The fourth-order valence-electron chi connectivity index (χ4n) is 5.53. The number of fused-ring (bicyclic) bond motifs is 2. The molecular weight excluding hydrogens is 643 g/mol. The third-order valence-corrected chi connectivity index (χ3v) is 8.23. The first kappa shape index (κ1) is 36.8. The van der Waals surface area contributed by atoms with Crippen LogP contribution in [0.1, 0.15) is 75.6 Å². The zero-order valence-electron chi connectivity index (χ0n) is 26.2. The molecule has 6 rings (SSSR count). The van der Waals surface area contributed by atoms with Crippen LogP contribution < -0.4 is 24.8 Å². The number of halogens is 2. The molecule has 0 atom stereocenters. The van der Waals surface area contributed by atoms with Crippen LogP contribution in [0.2, 0.25) is 0 Å². The third-order valence-electron chi connectivity index (χ3n) is 8.23. The smallest absolute Gasteiger partial charge is 1.00 e. The van der Waals surface area contributed by atoms with Gasteiger partial charge in [0, 0.05) is 0 Å². The van der Waals surface area contributed by atoms with Crippen LogP contribution in [0.15, 0.2) is 109 Å². The average Bonchev–Trinajstić information content (AvgIpc) is 3.63. The summed E-state index contributed by atoms with van der Waals surface area (Å²) in [6, 6.07) is 40.5. The second-order valence-corrected chi connectivity index (χ2v) is 11.6. The van der Waals surface area contributed by atoms with Crippen LogP contribution in [0, 0.1) is 0 Å². The third kappa shape index (κ3) is 8.39. The first-order valence-electron chi connectivity index (χ1n) is 14.9.